The van der Waals surface area contributed by atoms with Gasteiger partial charge in [-0.15, -0.1) is 10.2 Å². The first-order chi connectivity index (χ1) is 12.0. The molecule has 0 saturated heterocycles. The topological polar surface area (TPSA) is 59.8 Å². The number of carbonyl (C=O) groups is 1. The largest absolute Gasteiger partial charge is 0.325 e. The van der Waals surface area contributed by atoms with E-state index in [1.165, 1.54) is 42.1 Å². The highest BCUT2D eigenvalue weighted by molar-refractivity contribution is 7.99. The molecule has 3 rings (SSSR count). The van der Waals surface area contributed by atoms with E-state index in [-0.39, 0.29) is 23.3 Å². The molecule has 1 amide bonds. The Bertz CT molecular complexity index is 896. The zero-order chi connectivity index (χ0) is 17.8. The molecule has 128 valence electrons. The lowest BCUT2D eigenvalue weighted by atomic mass is 10.2. The van der Waals surface area contributed by atoms with E-state index in [0.29, 0.717) is 22.2 Å². The normalized spacial score (nSPS) is 10.7. The molecule has 0 atom stereocenters. The Labute approximate surface area is 147 Å². The maximum Gasteiger partial charge on any atom is 0.234 e. The van der Waals surface area contributed by atoms with Crippen molar-refractivity contribution in [2.24, 2.45) is 7.05 Å². The molecule has 2 aromatic carbocycles. The highest BCUT2D eigenvalue weighted by Crippen LogP contribution is 2.24. The van der Waals surface area contributed by atoms with Crippen molar-refractivity contribution in [2.45, 2.75) is 5.16 Å². The van der Waals surface area contributed by atoms with Crippen molar-refractivity contribution in [1.82, 2.24) is 14.8 Å². The molecule has 0 unspecified atom stereocenters. The second kappa shape index (κ2) is 7.43. The van der Waals surface area contributed by atoms with Gasteiger partial charge in [0.1, 0.15) is 11.6 Å². The van der Waals surface area contributed by atoms with Crippen LogP contribution in [0, 0.1) is 11.6 Å². The lowest BCUT2D eigenvalue weighted by molar-refractivity contribution is -0.113. The van der Waals surface area contributed by atoms with Gasteiger partial charge < -0.3 is 9.88 Å². The van der Waals surface area contributed by atoms with Crippen LogP contribution >= 0.6 is 11.8 Å². The van der Waals surface area contributed by atoms with Gasteiger partial charge >= 0.3 is 0 Å². The molecular weight excluding hydrogens is 346 g/mol. The third-order valence-corrected chi connectivity index (χ3v) is 4.43. The minimum absolute atomic E-state index is 0.0978. The Morgan fingerprint density at radius 3 is 2.56 bits per heavy atom. The number of thioether (sulfide) groups is 1. The Balaban J connectivity index is 1.65. The Morgan fingerprint density at radius 2 is 1.84 bits per heavy atom. The molecule has 0 aliphatic rings. The highest BCUT2D eigenvalue weighted by Gasteiger charge is 2.15. The van der Waals surface area contributed by atoms with Crippen molar-refractivity contribution in [1.29, 1.82) is 0 Å². The number of anilines is 1. The zero-order valence-corrected chi connectivity index (χ0v) is 14.1. The van der Waals surface area contributed by atoms with Crippen LogP contribution < -0.4 is 5.32 Å². The van der Waals surface area contributed by atoms with Crippen LogP contribution in [0.3, 0.4) is 0 Å². The zero-order valence-electron chi connectivity index (χ0n) is 13.2. The van der Waals surface area contributed by atoms with Gasteiger partial charge in [0, 0.05) is 12.7 Å². The molecule has 1 heterocycles. The van der Waals surface area contributed by atoms with Gasteiger partial charge in [0.25, 0.3) is 0 Å². The predicted octanol–water partition coefficient (Wildman–Crippen LogP) is 3.49. The van der Waals surface area contributed by atoms with E-state index < -0.39 is 0 Å². The fourth-order valence-electron chi connectivity index (χ4n) is 2.18. The van der Waals surface area contributed by atoms with Crippen molar-refractivity contribution >= 4 is 23.4 Å². The number of aromatic nitrogens is 3. The molecule has 8 heteroatoms. The number of nitrogens with zero attached hydrogens (tertiary/aromatic N) is 3. The number of nitrogens with one attached hydrogen (secondary N) is 1. The monoisotopic (exact) mass is 360 g/mol. The summed E-state index contributed by atoms with van der Waals surface area (Å²) in [6.45, 7) is 0. The van der Waals surface area contributed by atoms with Crippen molar-refractivity contribution < 1.29 is 13.6 Å². The summed E-state index contributed by atoms with van der Waals surface area (Å²) in [5.41, 5.74) is 0.858. The lowest BCUT2D eigenvalue weighted by Crippen LogP contribution is -2.14. The van der Waals surface area contributed by atoms with Crippen LogP contribution in [-0.4, -0.2) is 26.4 Å². The Kier molecular flexibility index (Phi) is 5.08. The minimum Gasteiger partial charge on any atom is -0.325 e. The van der Waals surface area contributed by atoms with Crippen LogP contribution in [0.25, 0.3) is 11.4 Å². The van der Waals surface area contributed by atoms with Crippen LogP contribution in [0.15, 0.2) is 53.7 Å². The van der Waals surface area contributed by atoms with Crippen LogP contribution in [0.2, 0.25) is 0 Å². The van der Waals surface area contributed by atoms with Gasteiger partial charge in [0.05, 0.1) is 11.3 Å². The number of hydrogen-bond acceptors (Lipinski definition) is 4. The van der Waals surface area contributed by atoms with Crippen molar-refractivity contribution in [3.63, 3.8) is 0 Å². The number of halogens is 2. The molecule has 0 fully saturated rings. The van der Waals surface area contributed by atoms with Crippen LogP contribution in [0.4, 0.5) is 14.5 Å². The maximum absolute atomic E-state index is 13.9. The second-order valence-corrected chi connectivity index (χ2v) is 6.13. The first-order valence-electron chi connectivity index (χ1n) is 7.37. The van der Waals surface area contributed by atoms with Crippen LogP contribution in [0.1, 0.15) is 0 Å². The summed E-state index contributed by atoms with van der Waals surface area (Å²) in [5.74, 6) is -0.525. The van der Waals surface area contributed by atoms with Crippen molar-refractivity contribution in [3.8, 4) is 11.4 Å². The van der Waals surface area contributed by atoms with Crippen LogP contribution in [-0.2, 0) is 11.8 Å². The fraction of sp³-hybridized carbons (Fsp3) is 0.118. The summed E-state index contributed by atoms with van der Waals surface area (Å²) >= 11 is 1.18. The summed E-state index contributed by atoms with van der Waals surface area (Å²) < 4.78 is 28.4. The Hall–Kier alpha value is -2.74. The van der Waals surface area contributed by atoms with E-state index in [1.54, 1.807) is 29.8 Å². The summed E-state index contributed by atoms with van der Waals surface area (Å²) in [7, 11) is 1.71. The number of benzene rings is 2. The smallest absolute Gasteiger partial charge is 0.234 e. The molecule has 1 N–H and O–H groups in total. The lowest BCUT2D eigenvalue weighted by Gasteiger charge is -2.06. The number of hydrogen-bond donors (Lipinski definition) is 1. The summed E-state index contributed by atoms with van der Waals surface area (Å²) in [5, 5.41) is 11.2. The molecule has 0 saturated carbocycles. The Morgan fingerprint density at radius 1 is 1.12 bits per heavy atom. The van der Waals surface area contributed by atoms with Gasteiger partial charge in [-0.05, 0) is 36.4 Å². The second-order valence-electron chi connectivity index (χ2n) is 5.19. The summed E-state index contributed by atoms with van der Waals surface area (Å²) in [6.07, 6.45) is 0. The molecule has 0 aliphatic heterocycles. The highest BCUT2D eigenvalue weighted by atomic mass is 32.2. The molecule has 0 aliphatic carbocycles. The van der Waals surface area contributed by atoms with E-state index in [1.807, 2.05) is 0 Å². The molecule has 25 heavy (non-hydrogen) atoms. The summed E-state index contributed by atoms with van der Waals surface area (Å²) in [6, 6.07) is 11.8. The molecule has 0 radical (unpaired) electrons. The van der Waals surface area contributed by atoms with Crippen molar-refractivity contribution in [3.05, 3.63) is 60.2 Å². The average molecular weight is 360 g/mol. The van der Waals surface area contributed by atoms with Gasteiger partial charge in [-0.1, -0.05) is 23.9 Å². The first-order valence-corrected chi connectivity index (χ1v) is 8.35. The van der Waals surface area contributed by atoms with Gasteiger partial charge in [-0.2, -0.15) is 0 Å². The maximum atomic E-state index is 13.9. The number of rotatable bonds is 5. The van der Waals surface area contributed by atoms with E-state index in [9.17, 15) is 13.6 Å². The fourth-order valence-corrected chi connectivity index (χ4v) is 2.89. The van der Waals surface area contributed by atoms with Crippen molar-refractivity contribution in [2.75, 3.05) is 11.1 Å². The van der Waals surface area contributed by atoms with Gasteiger partial charge in [0.15, 0.2) is 11.0 Å². The number of carbonyl (C=O) groups excluding carboxylic acids is 1. The third-order valence-electron chi connectivity index (χ3n) is 3.41. The molecular formula is C17H14F2N4OS. The van der Waals surface area contributed by atoms with Crippen LogP contribution in [0.5, 0.6) is 0 Å². The minimum atomic E-state index is -0.386. The van der Waals surface area contributed by atoms with Gasteiger partial charge in [-0.25, -0.2) is 8.78 Å². The average Bonchev–Trinajstić information content (AvgIpc) is 2.96. The summed E-state index contributed by atoms with van der Waals surface area (Å²) in [4.78, 5) is 12.0. The van der Waals surface area contributed by atoms with E-state index >= 15 is 0 Å². The molecule has 0 spiro atoms. The van der Waals surface area contributed by atoms with E-state index in [2.05, 4.69) is 15.5 Å². The molecule has 3 aromatic rings. The molecule has 1 aromatic heterocycles. The first kappa shape index (κ1) is 17.1. The quantitative estimate of drug-likeness (QED) is 0.708. The predicted molar refractivity (Wildman–Crippen MR) is 92.2 cm³/mol. The number of amides is 1. The van der Waals surface area contributed by atoms with E-state index in [0.717, 1.165) is 0 Å². The van der Waals surface area contributed by atoms with E-state index in [4.69, 9.17) is 0 Å². The standard InChI is InChI=1S/C17H14F2N4OS/c1-23-16(13-4-2-3-5-14(13)19)21-22-17(23)25-10-15(24)20-12-8-6-11(18)7-9-12/h2-9H,10H2,1H3,(H,20,24). The SMILES string of the molecule is Cn1c(SCC(=O)Nc2ccc(F)cc2)nnc1-c1ccccc1F. The third kappa shape index (κ3) is 4.03. The molecule has 0 bridgehead atoms. The van der Waals surface area contributed by atoms with Gasteiger partial charge in [0.2, 0.25) is 5.91 Å². The van der Waals surface area contributed by atoms with Gasteiger partial charge in [-0.3, -0.25) is 4.79 Å². The molecule has 5 nitrogen and oxygen atoms in total.